The van der Waals surface area contributed by atoms with Crippen LogP contribution in [-0.2, 0) is 14.3 Å². The molecule has 4 heteroatoms. The van der Waals surface area contributed by atoms with E-state index in [1.807, 2.05) is 0 Å². The fourth-order valence-corrected chi connectivity index (χ4v) is 6.42. The van der Waals surface area contributed by atoms with E-state index in [0.29, 0.717) is 18.3 Å². The van der Waals surface area contributed by atoms with Crippen LogP contribution in [0.25, 0.3) is 0 Å². The predicted molar refractivity (Wildman–Crippen MR) is 89.3 cm³/mol. The van der Waals surface area contributed by atoms with Gasteiger partial charge >= 0.3 is 6.16 Å². The molecular weight excluding hydrogens is 304 g/mol. The number of hydrogen-bond acceptors (Lipinski definition) is 4. The summed E-state index contributed by atoms with van der Waals surface area (Å²) in [6.07, 6.45) is 4.59. The Labute approximate surface area is 144 Å². The van der Waals surface area contributed by atoms with E-state index in [9.17, 15) is 9.59 Å². The van der Waals surface area contributed by atoms with Crippen LogP contribution in [0.2, 0.25) is 0 Å². The number of carbonyl (C=O) groups excluding carboxylic acids is 2. The summed E-state index contributed by atoms with van der Waals surface area (Å²) in [6.45, 7) is 10.6. The van der Waals surface area contributed by atoms with Gasteiger partial charge in [-0.15, -0.1) is 0 Å². The highest BCUT2D eigenvalue weighted by Gasteiger charge is 2.69. The minimum atomic E-state index is -0.694. The largest absolute Gasteiger partial charge is 0.509 e. The van der Waals surface area contributed by atoms with Gasteiger partial charge in [-0.2, -0.15) is 0 Å². The van der Waals surface area contributed by atoms with Crippen LogP contribution in [0.3, 0.4) is 0 Å². The third kappa shape index (κ3) is 1.91. The van der Waals surface area contributed by atoms with E-state index in [2.05, 4.69) is 27.4 Å². The second-order valence-electron chi connectivity index (χ2n) is 9.01. The molecule has 6 atom stereocenters. The van der Waals surface area contributed by atoms with E-state index >= 15 is 0 Å². The Kier molecular flexibility index (Phi) is 3.43. The SMILES string of the molecule is C=C1CC[C@@]23OC(=O)O[C@H]2[C@H]2[C@@H](CCC[C@H]2C)CC(=O)[C@@H]1C3(C)C. The van der Waals surface area contributed by atoms with Crippen molar-refractivity contribution in [3.63, 3.8) is 0 Å². The van der Waals surface area contributed by atoms with Crippen LogP contribution in [0.1, 0.15) is 59.3 Å². The molecule has 4 nitrogen and oxygen atoms in total. The predicted octanol–water partition coefficient (Wildman–Crippen LogP) is 4.28. The molecule has 4 rings (SSSR count). The van der Waals surface area contributed by atoms with Crippen molar-refractivity contribution in [3.8, 4) is 0 Å². The molecule has 132 valence electrons. The lowest BCUT2D eigenvalue weighted by Gasteiger charge is -2.57. The quantitative estimate of drug-likeness (QED) is 0.491. The molecule has 4 aliphatic rings. The molecule has 0 amide bonds. The highest BCUT2D eigenvalue weighted by molar-refractivity contribution is 5.86. The number of fused-ring (bicyclic) bond motifs is 3. The number of Topliss-reactive ketones (excluding diaryl/α,β-unsaturated/α-hetero) is 1. The molecule has 0 radical (unpaired) electrons. The zero-order valence-electron chi connectivity index (χ0n) is 15.0. The first kappa shape index (κ1) is 16.2. The van der Waals surface area contributed by atoms with Crippen LogP contribution in [0.4, 0.5) is 4.79 Å². The van der Waals surface area contributed by atoms with Crippen molar-refractivity contribution in [2.24, 2.45) is 29.1 Å². The number of rotatable bonds is 0. The molecular formula is C20H28O4. The first-order valence-corrected chi connectivity index (χ1v) is 9.38. The molecule has 0 N–H and O–H groups in total. The Bertz CT molecular complexity index is 607. The Balaban J connectivity index is 1.89. The lowest BCUT2D eigenvalue weighted by molar-refractivity contribution is -0.166. The van der Waals surface area contributed by atoms with Crippen LogP contribution in [0.15, 0.2) is 12.2 Å². The topological polar surface area (TPSA) is 52.6 Å². The van der Waals surface area contributed by atoms with Gasteiger partial charge in [0.15, 0.2) is 5.60 Å². The van der Waals surface area contributed by atoms with Gasteiger partial charge in [0, 0.05) is 23.7 Å². The van der Waals surface area contributed by atoms with Gasteiger partial charge in [-0.05, 0) is 31.1 Å². The Hall–Kier alpha value is -1.32. The summed E-state index contributed by atoms with van der Waals surface area (Å²) in [5, 5.41) is 0. The summed E-state index contributed by atoms with van der Waals surface area (Å²) >= 11 is 0. The molecule has 0 aromatic carbocycles. The standard InChI is InChI=1S/C20H28O4/c1-11-6-5-7-13-10-14(21)16-12(2)8-9-20(19(16,3)4)17(15(11)13)23-18(22)24-20/h11,13,15-17H,2,5-10H2,1,3-4H3/t11-,13+,15-,16-,17+,20-/m1/s1. The molecule has 0 aromatic heterocycles. The smallest absolute Gasteiger partial charge is 0.426 e. The van der Waals surface area contributed by atoms with Crippen molar-refractivity contribution < 1.29 is 19.1 Å². The molecule has 1 spiro atoms. The maximum absolute atomic E-state index is 13.2. The lowest BCUT2D eigenvalue weighted by atomic mass is 9.49. The molecule has 4 fully saturated rings. The van der Waals surface area contributed by atoms with E-state index in [4.69, 9.17) is 9.47 Å². The Morgan fingerprint density at radius 2 is 1.96 bits per heavy atom. The van der Waals surface area contributed by atoms with Crippen molar-refractivity contribution in [2.45, 2.75) is 71.0 Å². The van der Waals surface area contributed by atoms with Crippen LogP contribution in [0.5, 0.6) is 0 Å². The second kappa shape index (κ2) is 5.09. The molecule has 1 aliphatic heterocycles. The van der Waals surface area contributed by atoms with Crippen molar-refractivity contribution in [1.82, 2.24) is 0 Å². The minimum absolute atomic E-state index is 0.223. The van der Waals surface area contributed by atoms with Gasteiger partial charge in [0.2, 0.25) is 0 Å². The van der Waals surface area contributed by atoms with Crippen LogP contribution in [0, 0.1) is 29.1 Å². The Morgan fingerprint density at radius 1 is 1.21 bits per heavy atom. The van der Waals surface area contributed by atoms with Crippen molar-refractivity contribution in [2.75, 3.05) is 0 Å². The first-order chi connectivity index (χ1) is 11.3. The number of carbonyl (C=O) groups is 2. The highest BCUT2D eigenvalue weighted by atomic mass is 16.8. The van der Waals surface area contributed by atoms with Gasteiger partial charge in [0.1, 0.15) is 11.9 Å². The number of hydrogen-bond donors (Lipinski definition) is 0. The summed E-state index contributed by atoms with van der Waals surface area (Å²) < 4.78 is 11.7. The van der Waals surface area contributed by atoms with Crippen LogP contribution >= 0.6 is 0 Å². The van der Waals surface area contributed by atoms with E-state index in [1.54, 1.807) is 0 Å². The van der Waals surface area contributed by atoms with E-state index in [0.717, 1.165) is 37.7 Å². The van der Waals surface area contributed by atoms with Crippen molar-refractivity contribution >= 4 is 11.9 Å². The van der Waals surface area contributed by atoms with Gasteiger partial charge in [-0.1, -0.05) is 45.8 Å². The van der Waals surface area contributed by atoms with Gasteiger partial charge in [-0.25, -0.2) is 4.79 Å². The van der Waals surface area contributed by atoms with Crippen LogP contribution < -0.4 is 0 Å². The minimum Gasteiger partial charge on any atom is -0.426 e. The average Bonchev–Trinajstić information content (AvgIpc) is 2.81. The molecule has 1 saturated heterocycles. The number of ether oxygens (including phenoxy) is 2. The maximum Gasteiger partial charge on any atom is 0.509 e. The van der Waals surface area contributed by atoms with E-state index < -0.39 is 17.2 Å². The normalized spacial score (nSPS) is 47.0. The molecule has 3 aliphatic carbocycles. The molecule has 1 heterocycles. The maximum atomic E-state index is 13.2. The highest BCUT2D eigenvalue weighted by Crippen LogP contribution is 2.61. The zero-order valence-corrected chi connectivity index (χ0v) is 15.0. The Morgan fingerprint density at radius 3 is 2.71 bits per heavy atom. The van der Waals surface area contributed by atoms with Crippen molar-refractivity contribution in [1.29, 1.82) is 0 Å². The fraction of sp³-hybridized carbons (Fsp3) is 0.800. The van der Waals surface area contributed by atoms with Gasteiger partial charge in [0.05, 0.1) is 0 Å². The first-order valence-electron chi connectivity index (χ1n) is 9.38. The molecule has 2 bridgehead atoms. The molecule has 0 aromatic rings. The van der Waals surface area contributed by atoms with Crippen LogP contribution in [-0.4, -0.2) is 23.6 Å². The summed E-state index contributed by atoms with van der Waals surface area (Å²) in [4.78, 5) is 25.4. The molecule has 3 saturated carbocycles. The van der Waals surface area contributed by atoms with Crippen molar-refractivity contribution in [3.05, 3.63) is 12.2 Å². The van der Waals surface area contributed by atoms with Gasteiger partial charge in [0.25, 0.3) is 0 Å². The molecule has 0 unspecified atom stereocenters. The van der Waals surface area contributed by atoms with E-state index in [1.165, 1.54) is 0 Å². The summed E-state index contributed by atoms with van der Waals surface area (Å²) in [6, 6.07) is 0. The van der Waals surface area contributed by atoms with Gasteiger partial charge < -0.3 is 9.47 Å². The zero-order chi connectivity index (χ0) is 17.3. The average molecular weight is 332 g/mol. The molecule has 24 heavy (non-hydrogen) atoms. The van der Waals surface area contributed by atoms with Gasteiger partial charge in [-0.3, -0.25) is 4.79 Å². The second-order valence-corrected chi connectivity index (χ2v) is 9.01. The fourth-order valence-electron chi connectivity index (χ4n) is 6.42. The summed E-state index contributed by atoms with van der Waals surface area (Å²) in [5.41, 5.74) is -0.168. The summed E-state index contributed by atoms with van der Waals surface area (Å²) in [7, 11) is 0. The monoisotopic (exact) mass is 332 g/mol. The number of ketones is 1. The van der Waals surface area contributed by atoms with E-state index in [-0.39, 0.29) is 23.7 Å². The lowest BCUT2D eigenvalue weighted by Crippen LogP contribution is -2.64. The summed E-state index contributed by atoms with van der Waals surface area (Å²) in [5.74, 6) is 1.02. The third-order valence-corrected chi connectivity index (χ3v) is 7.56. The third-order valence-electron chi connectivity index (χ3n) is 7.56. The number of allylic oxidation sites excluding steroid dienone is 1.